The monoisotopic (exact) mass is 275 g/mol. The van der Waals surface area contributed by atoms with Crippen LogP contribution in [0.15, 0.2) is 54.6 Å². The first-order chi connectivity index (χ1) is 9.15. The standard InChI is InChI=1S/C15H12ClO3/c16-12-6-4-5-11(9-12)14(17)10-15(18)19-13-7-2-1-3-8-13/h1-9,14H,10H2/t14-/m1/s1. The van der Waals surface area contributed by atoms with Gasteiger partial charge in [-0.1, -0.05) is 41.9 Å². The van der Waals surface area contributed by atoms with Gasteiger partial charge >= 0.3 is 5.97 Å². The fourth-order valence-corrected chi connectivity index (χ4v) is 1.84. The molecule has 19 heavy (non-hydrogen) atoms. The predicted octanol–water partition coefficient (Wildman–Crippen LogP) is 3.81. The Morgan fingerprint density at radius 3 is 2.53 bits per heavy atom. The molecule has 2 aromatic carbocycles. The molecule has 97 valence electrons. The van der Waals surface area contributed by atoms with Gasteiger partial charge in [-0.2, -0.15) is 0 Å². The van der Waals surface area contributed by atoms with Crippen LogP contribution >= 0.6 is 11.6 Å². The van der Waals surface area contributed by atoms with Crippen molar-refractivity contribution >= 4 is 17.6 Å². The van der Waals surface area contributed by atoms with E-state index in [0.717, 1.165) is 0 Å². The van der Waals surface area contributed by atoms with Crippen molar-refractivity contribution in [3.63, 3.8) is 0 Å². The molecular weight excluding hydrogens is 264 g/mol. The van der Waals surface area contributed by atoms with Crippen LogP contribution in [0, 0.1) is 0 Å². The molecular formula is C15H12ClO3. The van der Waals surface area contributed by atoms with Crippen LogP contribution in [0.5, 0.6) is 5.75 Å². The van der Waals surface area contributed by atoms with E-state index < -0.39 is 12.1 Å². The van der Waals surface area contributed by atoms with Gasteiger partial charge in [0.25, 0.3) is 0 Å². The first-order valence-corrected chi connectivity index (χ1v) is 6.20. The molecule has 0 unspecified atom stereocenters. The number of carbonyl (C=O) groups excluding carboxylic acids is 1. The number of hydrogen-bond acceptors (Lipinski definition) is 2. The third kappa shape index (κ3) is 4.09. The van der Waals surface area contributed by atoms with Gasteiger partial charge in [0.1, 0.15) is 11.9 Å². The molecule has 2 rings (SSSR count). The van der Waals surface area contributed by atoms with Gasteiger partial charge in [-0.05, 0) is 29.8 Å². The topological polar surface area (TPSA) is 46.2 Å². The van der Waals surface area contributed by atoms with Crippen molar-refractivity contribution in [1.82, 2.24) is 0 Å². The van der Waals surface area contributed by atoms with Crippen LogP contribution in [-0.4, -0.2) is 5.97 Å². The Hall–Kier alpha value is -1.84. The van der Waals surface area contributed by atoms with Crippen molar-refractivity contribution < 1.29 is 14.6 Å². The van der Waals surface area contributed by atoms with Crippen molar-refractivity contribution in [2.45, 2.75) is 12.5 Å². The van der Waals surface area contributed by atoms with E-state index in [1.165, 1.54) is 0 Å². The molecule has 0 amide bonds. The number of para-hydroxylation sites is 1. The van der Waals surface area contributed by atoms with Gasteiger partial charge in [0.2, 0.25) is 0 Å². The SMILES string of the molecule is [O][C@H](CC(=O)Oc1ccccc1)c1cccc(Cl)c1. The smallest absolute Gasteiger partial charge is 0.314 e. The second-order valence-corrected chi connectivity index (χ2v) is 4.47. The van der Waals surface area contributed by atoms with E-state index in [1.54, 1.807) is 48.5 Å². The van der Waals surface area contributed by atoms with Crippen LogP contribution in [-0.2, 0) is 9.90 Å². The minimum atomic E-state index is -1.17. The summed E-state index contributed by atoms with van der Waals surface area (Å²) in [5.74, 6) is -0.114. The molecule has 1 radical (unpaired) electrons. The first-order valence-electron chi connectivity index (χ1n) is 5.82. The Balaban J connectivity index is 1.95. The second-order valence-electron chi connectivity index (χ2n) is 4.03. The van der Waals surface area contributed by atoms with Crippen molar-refractivity contribution in [2.75, 3.05) is 0 Å². The molecule has 0 spiro atoms. The summed E-state index contributed by atoms with van der Waals surface area (Å²) >= 11 is 5.80. The van der Waals surface area contributed by atoms with E-state index in [0.29, 0.717) is 16.3 Å². The van der Waals surface area contributed by atoms with E-state index in [2.05, 4.69) is 0 Å². The van der Waals surface area contributed by atoms with Gasteiger partial charge in [0.15, 0.2) is 0 Å². The van der Waals surface area contributed by atoms with E-state index in [9.17, 15) is 9.90 Å². The van der Waals surface area contributed by atoms with Gasteiger partial charge < -0.3 is 4.74 Å². The maximum Gasteiger partial charge on any atom is 0.314 e. The van der Waals surface area contributed by atoms with Gasteiger partial charge in [-0.15, -0.1) is 0 Å². The van der Waals surface area contributed by atoms with E-state index >= 15 is 0 Å². The lowest BCUT2D eigenvalue weighted by Gasteiger charge is -2.09. The highest BCUT2D eigenvalue weighted by atomic mass is 35.5. The summed E-state index contributed by atoms with van der Waals surface area (Å²) in [6, 6.07) is 15.2. The molecule has 0 bridgehead atoms. The number of halogens is 1. The number of rotatable bonds is 4. The lowest BCUT2D eigenvalue weighted by Crippen LogP contribution is -2.12. The zero-order valence-corrected chi connectivity index (χ0v) is 10.8. The number of benzene rings is 2. The van der Waals surface area contributed by atoms with Crippen LogP contribution < -0.4 is 4.74 Å². The maximum absolute atomic E-state index is 11.9. The largest absolute Gasteiger partial charge is 0.426 e. The summed E-state index contributed by atoms with van der Waals surface area (Å²) < 4.78 is 5.06. The molecule has 1 atom stereocenters. The predicted molar refractivity (Wildman–Crippen MR) is 71.6 cm³/mol. The molecule has 0 saturated carbocycles. The Morgan fingerprint density at radius 2 is 1.84 bits per heavy atom. The number of hydrogen-bond donors (Lipinski definition) is 0. The number of carbonyl (C=O) groups is 1. The van der Waals surface area contributed by atoms with Crippen LogP contribution in [0.1, 0.15) is 18.1 Å². The summed E-state index contributed by atoms with van der Waals surface area (Å²) in [6.45, 7) is 0. The average molecular weight is 276 g/mol. The van der Waals surface area contributed by atoms with Gasteiger partial charge in [0.05, 0.1) is 6.42 Å². The molecule has 0 aliphatic carbocycles. The minimum Gasteiger partial charge on any atom is -0.426 e. The molecule has 0 saturated heterocycles. The summed E-state index contributed by atoms with van der Waals surface area (Å²) in [5.41, 5.74) is 0.484. The molecule has 0 heterocycles. The van der Waals surface area contributed by atoms with E-state index in [-0.39, 0.29) is 6.42 Å². The molecule has 3 nitrogen and oxygen atoms in total. The molecule has 0 aliphatic rings. The fourth-order valence-electron chi connectivity index (χ4n) is 1.64. The Labute approximate surface area is 116 Å². The Kier molecular flexibility index (Phi) is 4.55. The van der Waals surface area contributed by atoms with Crippen LogP contribution in [0.25, 0.3) is 0 Å². The fraction of sp³-hybridized carbons (Fsp3) is 0.133. The van der Waals surface area contributed by atoms with Gasteiger partial charge in [-0.3, -0.25) is 4.79 Å². The molecule has 0 aliphatic heterocycles. The highest BCUT2D eigenvalue weighted by Gasteiger charge is 2.16. The number of esters is 1. The highest BCUT2D eigenvalue weighted by Crippen LogP contribution is 2.21. The normalized spacial score (nSPS) is 11.9. The molecule has 0 aromatic heterocycles. The quantitative estimate of drug-likeness (QED) is 0.629. The van der Waals surface area contributed by atoms with Crippen LogP contribution in [0.2, 0.25) is 5.02 Å². The summed E-state index contributed by atoms with van der Waals surface area (Å²) in [7, 11) is 0. The first kappa shape index (κ1) is 13.6. The molecule has 0 N–H and O–H groups in total. The minimum absolute atomic E-state index is 0.227. The molecule has 0 fully saturated rings. The third-order valence-corrected chi connectivity index (χ3v) is 2.78. The van der Waals surface area contributed by atoms with Crippen LogP contribution in [0.4, 0.5) is 0 Å². The summed E-state index contributed by atoms with van der Waals surface area (Å²) in [4.78, 5) is 11.6. The van der Waals surface area contributed by atoms with Crippen LogP contribution in [0.3, 0.4) is 0 Å². The van der Waals surface area contributed by atoms with E-state index in [1.807, 2.05) is 6.07 Å². The summed E-state index contributed by atoms with van der Waals surface area (Å²) in [5, 5.41) is 12.4. The van der Waals surface area contributed by atoms with Crippen molar-refractivity contribution in [2.24, 2.45) is 0 Å². The van der Waals surface area contributed by atoms with Gasteiger partial charge in [0, 0.05) is 5.02 Å². The molecule has 4 heteroatoms. The second kappa shape index (κ2) is 6.36. The van der Waals surface area contributed by atoms with Gasteiger partial charge in [-0.25, -0.2) is 5.11 Å². The highest BCUT2D eigenvalue weighted by molar-refractivity contribution is 6.30. The summed E-state index contributed by atoms with van der Waals surface area (Å²) in [6.07, 6.45) is -1.40. The van der Waals surface area contributed by atoms with Crippen molar-refractivity contribution in [3.8, 4) is 5.75 Å². The van der Waals surface area contributed by atoms with E-state index in [4.69, 9.17) is 16.3 Å². The maximum atomic E-state index is 11.9. The zero-order chi connectivity index (χ0) is 13.7. The molecule has 2 aromatic rings. The lowest BCUT2D eigenvalue weighted by molar-refractivity contribution is -0.137. The Bertz CT molecular complexity index is 554. The Morgan fingerprint density at radius 1 is 1.11 bits per heavy atom. The lowest BCUT2D eigenvalue weighted by atomic mass is 10.1. The number of ether oxygens (including phenoxy) is 1. The van der Waals surface area contributed by atoms with Crippen molar-refractivity contribution in [1.29, 1.82) is 0 Å². The zero-order valence-electron chi connectivity index (χ0n) is 10.1. The van der Waals surface area contributed by atoms with Crippen molar-refractivity contribution in [3.05, 3.63) is 65.2 Å². The average Bonchev–Trinajstić information content (AvgIpc) is 2.39. The third-order valence-electron chi connectivity index (χ3n) is 2.55.